The van der Waals surface area contributed by atoms with Crippen LogP contribution in [0.15, 0.2) is 18.2 Å². The molecule has 4 nitrogen and oxygen atoms in total. The van der Waals surface area contributed by atoms with Crippen LogP contribution in [0.5, 0.6) is 0 Å². The van der Waals surface area contributed by atoms with E-state index in [0.717, 1.165) is 67.3 Å². The molecule has 2 fully saturated rings. The fourth-order valence-corrected chi connectivity index (χ4v) is 5.15. The molecule has 2 aromatic rings. The van der Waals surface area contributed by atoms with Gasteiger partial charge in [-0.15, -0.1) is 0 Å². The van der Waals surface area contributed by atoms with Crippen LogP contribution < -0.4 is 4.90 Å². The van der Waals surface area contributed by atoms with Crippen molar-refractivity contribution in [3.05, 3.63) is 23.8 Å². The van der Waals surface area contributed by atoms with Crippen LogP contribution in [0.4, 0.5) is 18.3 Å². The zero-order valence-electron chi connectivity index (χ0n) is 14.4. The summed E-state index contributed by atoms with van der Waals surface area (Å²) in [6.45, 7) is 2.96. The molecule has 1 aromatic carbocycles. The zero-order valence-corrected chi connectivity index (χ0v) is 15.2. The van der Waals surface area contributed by atoms with E-state index < -0.39 is 11.7 Å². The van der Waals surface area contributed by atoms with Crippen LogP contribution in [-0.4, -0.2) is 53.3 Å². The van der Waals surface area contributed by atoms with Gasteiger partial charge in [0.2, 0.25) is 0 Å². The van der Waals surface area contributed by atoms with Crippen molar-refractivity contribution in [2.45, 2.75) is 43.9 Å². The summed E-state index contributed by atoms with van der Waals surface area (Å²) in [6, 6.07) is 4.34. The molecular formula is C18H22F3N3OS. The molecule has 3 heterocycles. The first-order chi connectivity index (χ1) is 12.5. The molecule has 0 radical (unpaired) electrons. The first-order valence-corrected chi connectivity index (χ1v) is 9.86. The van der Waals surface area contributed by atoms with Gasteiger partial charge in [-0.2, -0.15) is 13.2 Å². The fourth-order valence-electron chi connectivity index (χ4n) is 4.10. The summed E-state index contributed by atoms with van der Waals surface area (Å²) in [5.41, 5.74) is -0.234. The van der Waals surface area contributed by atoms with E-state index in [1.54, 1.807) is 0 Å². The van der Waals surface area contributed by atoms with E-state index >= 15 is 0 Å². The highest BCUT2D eigenvalue weighted by Gasteiger charge is 2.34. The van der Waals surface area contributed by atoms with E-state index in [0.29, 0.717) is 11.6 Å². The van der Waals surface area contributed by atoms with Crippen molar-refractivity contribution in [1.82, 2.24) is 9.88 Å². The molecule has 1 N–H and O–H groups in total. The predicted octanol–water partition coefficient (Wildman–Crippen LogP) is 3.74. The number of hydrogen-bond donors (Lipinski definition) is 1. The number of benzene rings is 1. The quantitative estimate of drug-likeness (QED) is 0.870. The molecule has 2 aliphatic rings. The van der Waals surface area contributed by atoms with E-state index in [9.17, 15) is 18.3 Å². The summed E-state index contributed by atoms with van der Waals surface area (Å²) in [5, 5.41) is 10.3. The van der Waals surface area contributed by atoms with Gasteiger partial charge < -0.3 is 10.0 Å². The Morgan fingerprint density at radius 3 is 2.69 bits per heavy atom. The van der Waals surface area contributed by atoms with Gasteiger partial charge in [0, 0.05) is 25.2 Å². The topological polar surface area (TPSA) is 39.6 Å². The molecule has 142 valence electrons. The molecule has 4 rings (SSSR count). The molecule has 0 amide bonds. The van der Waals surface area contributed by atoms with Gasteiger partial charge in [0.25, 0.3) is 0 Å². The Balaban J connectivity index is 1.55. The standard InChI is InChI=1S/C18H22F3N3OS/c19-18(20,21)12-5-6-16-15(9-12)22-17(26-16)24-8-2-3-13(24)10-23-7-1-4-14(23)11-25/h5-6,9,13-14,25H,1-4,7-8,10-11H2. The van der Waals surface area contributed by atoms with Gasteiger partial charge in [-0.1, -0.05) is 11.3 Å². The number of hydrogen-bond acceptors (Lipinski definition) is 5. The molecule has 0 bridgehead atoms. The molecular weight excluding hydrogens is 363 g/mol. The second-order valence-corrected chi connectivity index (χ2v) is 8.15. The third-order valence-electron chi connectivity index (χ3n) is 5.48. The normalized spacial score (nSPS) is 24.8. The van der Waals surface area contributed by atoms with Crippen molar-refractivity contribution in [2.24, 2.45) is 0 Å². The highest BCUT2D eigenvalue weighted by Crippen LogP contribution is 2.37. The molecule has 2 aliphatic heterocycles. The average Bonchev–Trinajstić information content (AvgIpc) is 3.32. The van der Waals surface area contributed by atoms with Crippen LogP contribution in [0.25, 0.3) is 10.2 Å². The highest BCUT2D eigenvalue weighted by molar-refractivity contribution is 7.22. The number of aromatic nitrogens is 1. The molecule has 0 saturated carbocycles. The highest BCUT2D eigenvalue weighted by atomic mass is 32.1. The number of aliphatic hydroxyl groups is 1. The SMILES string of the molecule is OCC1CCCN1CC1CCCN1c1nc2cc(C(F)(F)F)ccc2s1. The number of aliphatic hydroxyl groups excluding tert-OH is 1. The number of likely N-dealkylation sites (tertiary alicyclic amines) is 1. The molecule has 0 spiro atoms. The minimum Gasteiger partial charge on any atom is -0.395 e. The number of fused-ring (bicyclic) bond motifs is 1. The molecule has 1 aromatic heterocycles. The number of halogens is 3. The second-order valence-electron chi connectivity index (χ2n) is 7.14. The van der Waals surface area contributed by atoms with Gasteiger partial charge in [0.05, 0.1) is 22.4 Å². The summed E-state index contributed by atoms with van der Waals surface area (Å²) in [6.07, 6.45) is -0.0858. The van der Waals surface area contributed by atoms with Gasteiger partial charge in [-0.3, -0.25) is 4.90 Å². The minimum atomic E-state index is -4.34. The van der Waals surface area contributed by atoms with Crippen LogP contribution in [0.3, 0.4) is 0 Å². The Bertz CT molecular complexity index is 779. The molecule has 8 heteroatoms. The monoisotopic (exact) mass is 385 g/mol. The fraction of sp³-hybridized carbons (Fsp3) is 0.611. The zero-order chi connectivity index (χ0) is 18.3. The summed E-state index contributed by atoms with van der Waals surface area (Å²) < 4.78 is 39.6. The maximum absolute atomic E-state index is 12.9. The lowest BCUT2D eigenvalue weighted by molar-refractivity contribution is -0.137. The number of rotatable bonds is 4. The lowest BCUT2D eigenvalue weighted by Crippen LogP contribution is -2.43. The Kier molecular flexibility index (Phi) is 4.83. The van der Waals surface area contributed by atoms with E-state index in [-0.39, 0.29) is 12.6 Å². The van der Waals surface area contributed by atoms with Gasteiger partial charge in [-0.25, -0.2) is 4.98 Å². The van der Waals surface area contributed by atoms with Crippen LogP contribution in [-0.2, 0) is 6.18 Å². The Labute approximate surface area is 154 Å². The second kappa shape index (κ2) is 6.98. The smallest absolute Gasteiger partial charge is 0.395 e. The number of thiazole rings is 1. The van der Waals surface area contributed by atoms with Crippen LogP contribution in [0, 0.1) is 0 Å². The Hall–Kier alpha value is -1.38. The summed E-state index contributed by atoms with van der Waals surface area (Å²) in [7, 11) is 0. The van der Waals surface area contributed by atoms with Crippen molar-refractivity contribution < 1.29 is 18.3 Å². The summed E-state index contributed by atoms with van der Waals surface area (Å²) >= 11 is 1.46. The Morgan fingerprint density at radius 1 is 1.15 bits per heavy atom. The van der Waals surface area contributed by atoms with Gasteiger partial charge in [0.1, 0.15) is 0 Å². The van der Waals surface area contributed by atoms with Crippen molar-refractivity contribution in [1.29, 1.82) is 0 Å². The lowest BCUT2D eigenvalue weighted by Gasteiger charge is -2.31. The van der Waals surface area contributed by atoms with Crippen LogP contribution in [0.2, 0.25) is 0 Å². The first kappa shape index (κ1) is 18.0. The lowest BCUT2D eigenvalue weighted by atomic mass is 10.2. The van der Waals surface area contributed by atoms with Crippen molar-refractivity contribution in [3.63, 3.8) is 0 Å². The number of nitrogens with zero attached hydrogens (tertiary/aromatic N) is 3. The van der Waals surface area contributed by atoms with Gasteiger partial charge in [0.15, 0.2) is 5.13 Å². The first-order valence-electron chi connectivity index (χ1n) is 9.05. The number of anilines is 1. The molecule has 2 atom stereocenters. The predicted molar refractivity (Wildman–Crippen MR) is 96.7 cm³/mol. The largest absolute Gasteiger partial charge is 0.416 e. The van der Waals surface area contributed by atoms with E-state index in [1.807, 2.05) is 0 Å². The van der Waals surface area contributed by atoms with Crippen LogP contribution >= 0.6 is 11.3 Å². The van der Waals surface area contributed by atoms with Crippen molar-refractivity contribution in [2.75, 3.05) is 31.1 Å². The van der Waals surface area contributed by atoms with Crippen LogP contribution in [0.1, 0.15) is 31.2 Å². The molecule has 2 unspecified atom stereocenters. The average molecular weight is 385 g/mol. The van der Waals surface area contributed by atoms with E-state index in [1.165, 1.54) is 17.4 Å². The molecule has 0 aliphatic carbocycles. The Morgan fingerprint density at radius 2 is 1.92 bits per heavy atom. The summed E-state index contributed by atoms with van der Waals surface area (Å²) in [4.78, 5) is 9.10. The third-order valence-corrected chi connectivity index (χ3v) is 6.56. The van der Waals surface area contributed by atoms with Gasteiger partial charge >= 0.3 is 6.18 Å². The number of alkyl halides is 3. The van der Waals surface area contributed by atoms with Gasteiger partial charge in [-0.05, 0) is 50.4 Å². The maximum atomic E-state index is 12.9. The third kappa shape index (κ3) is 3.42. The van der Waals surface area contributed by atoms with Crippen molar-refractivity contribution in [3.8, 4) is 0 Å². The van der Waals surface area contributed by atoms with E-state index in [4.69, 9.17) is 0 Å². The maximum Gasteiger partial charge on any atom is 0.416 e. The minimum absolute atomic E-state index is 0.189. The molecule has 2 saturated heterocycles. The summed E-state index contributed by atoms with van der Waals surface area (Å²) in [5.74, 6) is 0. The van der Waals surface area contributed by atoms with E-state index in [2.05, 4.69) is 14.8 Å². The molecule has 26 heavy (non-hydrogen) atoms. The van der Waals surface area contributed by atoms with Crippen molar-refractivity contribution >= 4 is 26.7 Å².